The van der Waals surface area contributed by atoms with E-state index in [2.05, 4.69) is 11.3 Å². The fourth-order valence-electron chi connectivity index (χ4n) is 4.29. The Morgan fingerprint density at radius 3 is 1.90 bits per heavy atom. The maximum atomic E-state index is 13.7. The molecule has 0 aliphatic carbocycles. The Bertz CT molecular complexity index is 1310. The number of ketones is 1. The zero-order chi connectivity index (χ0) is 30.0. The van der Waals surface area contributed by atoms with Gasteiger partial charge in [0.1, 0.15) is 13.2 Å². The van der Waals surface area contributed by atoms with Crippen LogP contribution in [0, 0.1) is 0 Å². The summed E-state index contributed by atoms with van der Waals surface area (Å²) < 4.78 is 20.8. The zero-order valence-electron chi connectivity index (χ0n) is 23.1. The van der Waals surface area contributed by atoms with E-state index in [0.29, 0.717) is 16.1 Å². The second-order valence-corrected chi connectivity index (χ2v) is 9.02. The molecule has 2 aromatic rings. The zero-order valence-corrected chi connectivity index (χ0v) is 23.1. The number of benzene rings is 2. The van der Waals surface area contributed by atoms with Crippen LogP contribution in [0.1, 0.15) is 31.4 Å². The molecule has 216 valence electrons. The van der Waals surface area contributed by atoms with Gasteiger partial charge < -0.3 is 18.9 Å². The van der Waals surface area contributed by atoms with Gasteiger partial charge in [0.05, 0.1) is 19.8 Å². The van der Waals surface area contributed by atoms with Crippen molar-refractivity contribution in [3.05, 3.63) is 96.1 Å². The standard InChI is InChI=1S/C30H32N2O9/c1-5-39-27(35)30(22(3)33)18-25(21(2)16-17-26(34)38-4)31(28(36)40-19-23-12-8-6-9-13-23)32(30)29(37)41-20-24-14-10-7-11-15-24/h6-17,25H,2,5,18-20H2,1,3-4H3/b17-16+/t25-,30-/m1/s1. The number of carbonyl (C=O) groups excluding carboxylic acids is 5. The molecule has 1 heterocycles. The maximum Gasteiger partial charge on any atom is 0.430 e. The largest absolute Gasteiger partial charge is 0.466 e. The third kappa shape index (κ3) is 6.99. The summed E-state index contributed by atoms with van der Waals surface area (Å²) in [5, 5.41) is 1.46. The summed E-state index contributed by atoms with van der Waals surface area (Å²) in [6.45, 7) is 6.08. The van der Waals surface area contributed by atoms with Crippen molar-refractivity contribution in [2.45, 2.75) is 45.1 Å². The van der Waals surface area contributed by atoms with Crippen LogP contribution in [0.5, 0.6) is 0 Å². The van der Waals surface area contributed by atoms with E-state index in [4.69, 9.17) is 14.2 Å². The minimum atomic E-state index is -2.29. The van der Waals surface area contributed by atoms with Gasteiger partial charge in [0.2, 0.25) is 5.54 Å². The minimum Gasteiger partial charge on any atom is -0.466 e. The van der Waals surface area contributed by atoms with Crippen LogP contribution in [-0.2, 0) is 46.5 Å². The van der Waals surface area contributed by atoms with Gasteiger partial charge in [-0.25, -0.2) is 24.2 Å². The predicted octanol–water partition coefficient (Wildman–Crippen LogP) is 4.13. The highest BCUT2D eigenvalue weighted by Crippen LogP contribution is 2.40. The van der Waals surface area contributed by atoms with E-state index >= 15 is 0 Å². The predicted molar refractivity (Wildman–Crippen MR) is 146 cm³/mol. The number of rotatable bonds is 10. The molecule has 0 spiro atoms. The lowest BCUT2D eigenvalue weighted by Gasteiger charge is -2.36. The van der Waals surface area contributed by atoms with Crippen molar-refractivity contribution in [1.29, 1.82) is 0 Å². The molecule has 1 saturated heterocycles. The Kier molecular flexibility index (Phi) is 10.4. The topological polar surface area (TPSA) is 129 Å². The Morgan fingerprint density at radius 1 is 0.878 bits per heavy atom. The first kappa shape index (κ1) is 30.6. The normalized spacial score (nSPS) is 18.1. The summed E-state index contributed by atoms with van der Waals surface area (Å²) >= 11 is 0. The van der Waals surface area contributed by atoms with Crippen LogP contribution >= 0.6 is 0 Å². The monoisotopic (exact) mass is 564 g/mol. The minimum absolute atomic E-state index is 0.104. The van der Waals surface area contributed by atoms with E-state index in [9.17, 15) is 24.0 Å². The first-order valence-electron chi connectivity index (χ1n) is 12.8. The molecule has 0 aromatic heterocycles. The first-order chi connectivity index (χ1) is 19.6. The molecule has 1 aliphatic heterocycles. The fraction of sp³-hybridized carbons (Fsp3) is 0.300. The number of carbonyl (C=O) groups is 5. The van der Waals surface area contributed by atoms with Crippen LogP contribution in [-0.4, -0.2) is 65.2 Å². The molecule has 11 heteroatoms. The molecule has 1 aliphatic rings. The highest BCUT2D eigenvalue weighted by Gasteiger charge is 2.65. The quantitative estimate of drug-likeness (QED) is 0.138. The average Bonchev–Trinajstić information content (AvgIpc) is 3.36. The second-order valence-electron chi connectivity index (χ2n) is 9.02. The number of Topliss-reactive ketones (excluding diaryl/α,β-unsaturated/α-hetero) is 1. The van der Waals surface area contributed by atoms with Gasteiger partial charge in [-0.15, -0.1) is 0 Å². The molecule has 2 aromatic carbocycles. The highest BCUT2D eigenvalue weighted by molar-refractivity contribution is 6.10. The summed E-state index contributed by atoms with van der Waals surface area (Å²) in [4.78, 5) is 65.8. The molecule has 0 saturated carbocycles. The molecule has 0 unspecified atom stereocenters. The highest BCUT2D eigenvalue weighted by atomic mass is 16.6. The lowest BCUT2D eigenvalue weighted by Crippen LogP contribution is -2.63. The first-order valence-corrected chi connectivity index (χ1v) is 12.8. The Labute approximate surface area is 237 Å². The van der Waals surface area contributed by atoms with Gasteiger partial charge in [-0.05, 0) is 30.5 Å². The molecule has 41 heavy (non-hydrogen) atoms. The molecular formula is C30H32N2O9. The molecule has 2 atom stereocenters. The summed E-state index contributed by atoms with van der Waals surface area (Å²) in [6, 6.07) is 16.3. The fourth-order valence-corrected chi connectivity index (χ4v) is 4.29. The van der Waals surface area contributed by atoms with Gasteiger partial charge >= 0.3 is 24.1 Å². The van der Waals surface area contributed by atoms with Crippen LogP contribution in [0.25, 0.3) is 0 Å². The number of hydrazine groups is 1. The smallest absolute Gasteiger partial charge is 0.430 e. The van der Waals surface area contributed by atoms with Crippen LogP contribution in [0.15, 0.2) is 85.0 Å². The molecular weight excluding hydrogens is 532 g/mol. The average molecular weight is 565 g/mol. The van der Waals surface area contributed by atoms with Gasteiger partial charge in [0.25, 0.3) is 0 Å². The molecule has 0 N–H and O–H groups in total. The van der Waals surface area contributed by atoms with E-state index in [-0.39, 0.29) is 25.4 Å². The van der Waals surface area contributed by atoms with Crippen molar-refractivity contribution >= 4 is 29.9 Å². The number of methoxy groups -OCH3 is 1. The maximum absolute atomic E-state index is 13.7. The molecule has 3 rings (SSSR count). The number of amides is 2. The van der Waals surface area contributed by atoms with Crippen LogP contribution in [0.4, 0.5) is 9.59 Å². The van der Waals surface area contributed by atoms with Gasteiger partial charge in [0.15, 0.2) is 5.78 Å². The van der Waals surface area contributed by atoms with Crippen LogP contribution in [0.3, 0.4) is 0 Å². The van der Waals surface area contributed by atoms with Crippen molar-refractivity contribution in [2.75, 3.05) is 13.7 Å². The van der Waals surface area contributed by atoms with E-state index in [1.54, 1.807) is 67.6 Å². The van der Waals surface area contributed by atoms with Gasteiger partial charge in [0, 0.05) is 12.5 Å². The van der Waals surface area contributed by atoms with Crippen LogP contribution in [0.2, 0.25) is 0 Å². The lowest BCUT2D eigenvalue weighted by molar-refractivity contribution is -0.165. The summed E-state index contributed by atoms with van der Waals surface area (Å²) in [5.74, 6) is -2.54. The second kappa shape index (κ2) is 13.9. The van der Waals surface area contributed by atoms with E-state index in [1.165, 1.54) is 13.2 Å². The Morgan fingerprint density at radius 2 is 1.41 bits per heavy atom. The third-order valence-corrected chi connectivity index (χ3v) is 6.39. The van der Waals surface area contributed by atoms with E-state index < -0.39 is 47.9 Å². The Hall–Kier alpha value is -4.93. The van der Waals surface area contributed by atoms with E-state index in [1.807, 2.05) is 0 Å². The summed E-state index contributed by atoms with van der Waals surface area (Å²) in [7, 11) is 1.18. The number of nitrogens with zero attached hydrogens (tertiary/aromatic N) is 2. The van der Waals surface area contributed by atoms with Crippen molar-refractivity contribution in [2.24, 2.45) is 0 Å². The Balaban J connectivity index is 2.08. The number of hydrogen-bond donors (Lipinski definition) is 0. The van der Waals surface area contributed by atoms with Crippen molar-refractivity contribution in [1.82, 2.24) is 10.0 Å². The van der Waals surface area contributed by atoms with Crippen molar-refractivity contribution < 1.29 is 42.9 Å². The van der Waals surface area contributed by atoms with Crippen LogP contribution < -0.4 is 0 Å². The molecule has 0 radical (unpaired) electrons. The number of hydrogen-bond acceptors (Lipinski definition) is 9. The summed E-state index contributed by atoms with van der Waals surface area (Å²) in [5.41, 5.74) is -0.894. The third-order valence-electron chi connectivity index (χ3n) is 6.39. The van der Waals surface area contributed by atoms with Crippen molar-refractivity contribution in [3.63, 3.8) is 0 Å². The molecule has 2 amide bonds. The molecule has 0 bridgehead atoms. The number of ether oxygens (including phenoxy) is 4. The SMILES string of the molecule is C=C(/C=C/C(=O)OC)[C@H]1C[C@@](C(C)=O)(C(=O)OCC)N(C(=O)OCc2ccccc2)N1C(=O)OCc1ccccc1. The molecule has 11 nitrogen and oxygen atoms in total. The number of esters is 2. The van der Waals surface area contributed by atoms with E-state index in [0.717, 1.165) is 18.0 Å². The van der Waals surface area contributed by atoms with Gasteiger partial charge in [-0.2, -0.15) is 5.01 Å². The summed E-state index contributed by atoms with van der Waals surface area (Å²) in [6.07, 6.45) is -0.321. The lowest BCUT2D eigenvalue weighted by atomic mass is 9.87. The van der Waals surface area contributed by atoms with Gasteiger partial charge in [-0.1, -0.05) is 73.3 Å². The van der Waals surface area contributed by atoms with Crippen molar-refractivity contribution in [3.8, 4) is 0 Å². The van der Waals surface area contributed by atoms with Gasteiger partial charge in [-0.3, -0.25) is 4.79 Å². The molecule has 1 fully saturated rings.